The van der Waals surface area contributed by atoms with Crippen LogP contribution in [0.25, 0.3) is 16.5 Å². The lowest BCUT2D eigenvalue weighted by molar-refractivity contribution is -0.130. The van der Waals surface area contributed by atoms with Gasteiger partial charge in [-0.15, -0.1) is 0 Å². The first-order chi connectivity index (χ1) is 28.5. The maximum atomic E-state index is 11.7. The number of hydrogen-bond donors (Lipinski definition) is 3. The Morgan fingerprint density at radius 2 is 1.61 bits per heavy atom. The summed E-state index contributed by atoms with van der Waals surface area (Å²) in [5.41, 5.74) is 6.00. The number of aromatic amines is 1. The molecule has 7 rings (SSSR count). The predicted octanol–water partition coefficient (Wildman–Crippen LogP) is 5.56. The van der Waals surface area contributed by atoms with Gasteiger partial charge in [0.25, 0.3) is 5.91 Å². The van der Waals surface area contributed by atoms with Crippen LogP contribution < -0.4 is 25.4 Å². The van der Waals surface area contributed by atoms with Gasteiger partial charge in [-0.2, -0.15) is 5.10 Å². The molecular weight excluding hydrogens is 747 g/mol. The molecular formula is C45H55N9O5. The molecule has 0 spiro atoms. The molecule has 0 aliphatic heterocycles. The number of amides is 2. The lowest BCUT2D eigenvalue weighted by Gasteiger charge is -2.16. The van der Waals surface area contributed by atoms with Crippen molar-refractivity contribution in [2.24, 2.45) is 27.8 Å². The summed E-state index contributed by atoms with van der Waals surface area (Å²) in [4.78, 5) is 42.9. The first-order valence-electron chi connectivity index (χ1n) is 20.1. The number of nitrogens with one attached hydrogen (secondary N) is 2. The number of aromatic nitrogens is 3. The molecule has 3 aliphatic rings. The van der Waals surface area contributed by atoms with E-state index < -0.39 is 0 Å². The molecule has 0 unspecified atom stereocenters. The SMILES string of the molecule is CC(C)/C(=C\NCc1cc2ccccc2[nH]1)c1ncc(C#CC2CC2)cc1OC1CC1.CN(C)C(=O)CN=C/C(=N\N)c1ncc(OCC(=O)N(C)C)cc1OC1CC1. The lowest BCUT2D eigenvalue weighted by atomic mass is 9.99. The Kier molecular flexibility index (Phi) is 14.2. The molecule has 3 aromatic heterocycles. The molecule has 14 nitrogen and oxygen atoms in total. The van der Waals surface area contributed by atoms with E-state index in [9.17, 15) is 9.59 Å². The standard InChI is InChI=1S/C27H29N3O.C18H26N6O4/c1-18(2)24(17-28-16-22-14-21-5-3-4-6-25(21)30-22)27-26(31-23-11-12-23)13-20(15-29-27)10-9-19-7-8-19;1-23(2)16(25)10-20-9-14(22-19)18-15(28-12-5-6-12)7-13(8-21-18)27-11-17(26)24(3)4/h3-6,13-15,17-19,23,28,30H,7-8,11-12,16H2,1-2H3;7-9,12H,5-6,10-11,19H2,1-4H3/b24-17+;20-9?,22-14+. The largest absolute Gasteiger partial charge is 0.488 e. The van der Waals surface area contributed by atoms with E-state index in [0.717, 1.165) is 66.0 Å². The molecule has 0 bridgehead atoms. The maximum absolute atomic E-state index is 11.7. The van der Waals surface area contributed by atoms with E-state index in [4.69, 9.17) is 25.0 Å². The smallest absolute Gasteiger partial charge is 0.259 e. The van der Waals surface area contributed by atoms with E-state index in [0.29, 0.717) is 35.1 Å². The number of carbonyl (C=O) groups is 2. The molecule has 1 aromatic carbocycles. The zero-order valence-electron chi connectivity index (χ0n) is 34.8. The van der Waals surface area contributed by atoms with Gasteiger partial charge in [-0.05, 0) is 73.6 Å². The summed E-state index contributed by atoms with van der Waals surface area (Å²) in [5.74, 6) is 14.4. The zero-order chi connectivity index (χ0) is 41.9. The number of benzene rings is 1. The zero-order valence-corrected chi connectivity index (χ0v) is 34.8. The number of nitrogens with two attached hydrogens (primary N) is 1. The summed E-state index contributed by atoms with van der Waals surface area (Å²) in [6.45, 7) is 4.98. The maximum Gasteiger partial charge on any atom is 0.259 e. The third-order valence-corrected chi connectivity index (χ3v) is 9.53. The van der Waals surface area contributed by atoms with Gasteiger partial charge in [-0.25, -0.2) is 4.98 Å². The Morgan fingerprint density at radius 3 is 2.24 bits per heavy atom. The van der Waals surface area contributed by atoms with Crippen LogP contribution in [0.15, 0.2) is 71.2 Å². The van der Waals surface area contributed by atoms with Crippen molar-refractivity contribution in [1.82, 2.24) is 30.1 Å². The summed E-state index contributed by atoms with van der Waals surface area (Å²) >= 11 is 0. The van der Waals surface area contributed by atoms with Crippen molar-refractivity contribution < 1.29 is 23.8 Å². The van der Waals surface area contributed by atoms with E-state index in [2.05, 4.69) is 93.7 Å². The van der Waals surface area contributed by atoms with Gasteiger partial charge in [0.1, 0.15) is 35.1 Å². The second-order valence-corrected chi connectivity index (χ2v) is 15.6. The van der Waals surface area contributed by atoms with Gasteiger partial charge < -0.3 is 40.2 Å². The normalized spacial score (nSPS) is 15.2. The van der Waals surface area contributed by atoms with Gasteiger partial charge in [-0.3, -0.25) is 19.6 Å². The summed E-state index contributed by atoms with van der Waals surface area (Å²) in [6.07, 6.45) is 13.8. The van der Waals surface area contributed by atoms with Crippen LogP contribution in [0.5, 0.6) is 17.2 Å². The van der Waals surface area contributed by atoms with E-state index in [-0.39, 0.29) is 36.8 Å². The average molecular weight is 802 g/mol. The highest BCUT2D eigenvalue weighted by Gasteiger charge is 2.28. The van der Waals surface area contributed by atoms with Gasteiger partial charge in [0.15, 0.2) is 12.4 Å². The fourth-order valence-corrected chi connectivity index (χ4v) is 5.54. The van der Waals surface area contributed by atoms with Crippen LogP contribution in [0.2, 0.25) is 0 Å². The quantitative estimate of drug-likeness (QED) is 0.0568. The summed E-state index contributed by atoms with van der Waals surface area (Å²) in [6, 6.07) is 14.3. The van der Waals surface area contributed by atoms with Crippen molar-refractivity contribution in [3.63, 3.8) is 0 Å². The Morgan fingerprint density at radius 1 is 0.932 bits per heavy atom. The number of fused-ring (bicyclic) bond motifs is 1. The topological polar surface area (TPSA) is 173 Å². The van der Waals surface area contributed by atoms with Gasteiger partial charge in [-0.1, -0.05) is 43.9 Å². The molecule has 59 heavy (non-hydrogen) atoms. The monoisotopic (exact) mass is 801 g/mol. The Bertz CT molecular complexity index is 2220. The van der Waals surface area contributed by atoms with Crippen molar-refractivity contribution in [2.45, 2.75) is 71.1 Å². The van der Waals surface area contributed by atoms with E-state index >= 15 is 0 Å². The number of hydrazone groups is 1. The fourth-order valence-electron chi connectivity index (χ4n) is 5.54. The number of nitrogens with zero attached hydrogens (tertiary/aromatic N) is 6. The van der Waals surface area contributed by atoms with Crippen LogP contribution in [0.3, 0.4) is 0 Å². The number of ether oxygens (including phenoxy) is 3. The number of likely N-dealkylation sites (N-methyl/N-ethyl adjacent to an activating group) is 2. The molecule has 14 heteroatoms. The fraction of sp³-hybridized carbons (Fsp3) is 0.422. The highest BCUT2D eigenvalue weighted by atomic mass is 16.5. The molecule has 0 saturated heterocycles. The molecule has 2 amide bonds. The van der Waals surface area contributed by atoms with Crippen molar-refractivity contribution >= 4 is 40.2 Å². The molecule has 4 aromatic rings. The lowest BCUT2D eigenvalue weighted by Crippen LogP contribution is -2.27. The first-order valence-corrected chi connectivity index (χ1v) is 20.1. The van der Waals surface area contributed by atoms with E-state index in [1.54, 1.807) is 34.3 Å². The van der Waals surface area contributed by atoms with Crippen LogP contribution in [0, 0.1) is 23.7 Å². The first kappa shape index (κ1) is 42.3. The Labute approximate surface area is 346 Å². The van der Waals surface area contributed by atoms with E-state index in [1.165, 1.54) is 40.4 Å². The molecule has 3 aliphatic carbocycles. The van der Waals surface area contributed by atoms with Crippen molar-refractivity contribution in [1.29, 1.82) is 0 Å². The van der Waals surface area contributed by atoms with Crippen LogP contribution >= 0.6 is 0 Å². The summed E-state index contributed by atoms with van der Waals surface area (Å²) in [5, 5.41) is 8.43. The summed E-state index contributed by atoms with van der Waals surface area (Å²) in [7, 11) is 6.61. The molecule has 0 atom stereocenters. The number of H-pyrrole nitrogens is 1. The number of pyridine rings is 2. The minimum absolute atomic E-state index is 0.0291. The van der Waals surface area contributed by atoms with Crippen molar-refractivity contribution in [3.8, 4) is 29.1 Å². The number of carbonyl (C=O) groups excluding carboxylic acids is 2. The molecule has 310 valence electrons. The van der Waals surface area contributed by atoms with E-state index in [1.807, 2.05) is 6.20 Å². The van der Waals surface area contributed by atoms with Crippen molar-refractivity contribution in [3.05, 3.63) is 83.7 Å². The minimum atomic E-state index is -0.171. The van der Waals surface area contributed by atoms with Gasteiger partial charge in [0.2, 0.25) is 5.91 Å². The van der Waals surface area contributed by atoms with Gasteiger partial charge in [0.05, 0.1) is 31.2 Å². The second-order valence-electron chi connectivity index (χ2n) is 15.6. The van der Waals surface area contributed by atoms with Crippen LogP contribution in [-0.4, -0.2) is 102 Å². The minimum Gasteiger partial charge on any atom is -0.488 e. The highest BCUT2D eigenvalue weighted by Crippen LogP contribution is 2.35. The number of aliphatic imine (C=N–C) groups is 1. The van der Waals surface area contributed by atoms with Crippen LogP contribution in [0.1, 0.15) is 75.0 Å². The number of allylic oxidation sites excluding steroid dienone is 1. The molecule has 3 heterocycles. The third kappa shape index (κ3) is 12.8. The molecule has 3 saturated carbocycles. The third-order valence-electron chi connectivity index (χ3n) is 9.53. The molecule has 0 radical (unpaired) electrons. The highest BCUT2D eigenvalue weighted by molar-refractivity contribution is 6.38. The summed E-state index contributed by atoms with van der Waals surface area (Å²) < 4.78 is 17.6. The number of para-hydroxylation sites is 1. The average Bonchev–Trinajstić information content (AvgIpc) is 4.11. The molecule has 4 N–H and O–H groups in total. The predicted molar refractivity (Wildman–Crippen MR) is 230 cm³/mol. The van der Waals surface area contributed by atoms with Crippen molar-refractivity contribution in [2.75, 3.05) is 41.3 Å². The second kappa shape index (κ2) is 19.9. The molecule has 3 fully saturated rings. The Hall–Kier alpha value is -6.36. The van der Waals surface area contributed by atoms with Crippen LogP contribution in [0.4, 0.5) is 0 Å². The van der Waals surface area contributed by atoms with Crippen LogP contribution in [-0.2, 0) is 16.1 Å². The Balaban J connectivity index is 0.000000200. The number of rotatable bonds is 16. The number of hydrogen-bond acceptors (Lipinski definition) is 11. The van der Waals surface area contributed by atoms with Gasteiger partial charge in [0, 0.05) is 69.3 Å². The van der Waals surface area contributed by atoms with Gasteiger partial charge >= 0.3 is 0 Å².